The van der Waals surface area contributed by atoms with Crippen LogP contribution in [0.1, 0.15) is 16.7 Å². The second-order valence-electron chi connectivity index (χ2n) is 6.23. The Hall–Kier alpha value is -2.96. The monoisotopic (exact) mass is 378 g/mol. The third-order valence-corrected chi connectivity index (χ3v) is 5.61. The molecular formula is C21H18N2O3S. The average molecular weight is 378 g/mol. The summed E-state index contributed by atoms with van der Waals surface area (Å²) < 4.78 is 37.3. The quantitative estimate of drug-likeness (QED) is 0.758. The standard InChI is InChI=1S/C21H18N2O3S/c1-26-19-14-12-18(13-15-19)21(17-10-6-3-7-11-17)20(22-27(24,25)23-21)16-8-4-2-5-9-16/h2-15,23H,1H3/t21-/m1/s1. The molecule has 0 aliphatic carbocycles. The van der Waals surface area contributed by atoms with E-state index in [1.807, 2.05) is 84.9 Å². The molecule has 3 aromatic carbocycles. The topological polar surface area (TPSA) is 67.8 Å². The lowest BCUT2D eigenvalue weighted by molar-refractivity contribution is 0.414. The van der Waals surface area contributed by atoms with Gasteiger partial charge in [0.25, 0.3) is 0 Å². The molecule has 0 spiro atoms. The second kappa shape index (κ2) is 6.64. The molecule has 136 valence electrons. The lowest BCUT2D eigenvalue weighted by atomic mass is 9.77. The van der Waals surface area contributed by atoms with E-state index in [4.69, 9.17) is 4.74 Å². The Morgan fingerprint density at radius 1 is 0.815 bits per heavy atom. The first kappa shape index (κ1) is 17.5. The zero-order valence-corrected chi connectivity index (χ0v) is 15.5. The van der Waals surface area contributed by atoms with Crippen LogP contribution < -0.4 is 9.46 Å². The van der Waals surface area contributed by atoms with E-state index < -0.39 is 15.7 Å². The molecule has 0 saturated carbocycles. The molecule has 0 bridgehead atoms. The zero-order chi connectivity index (χ0) is 18.9. The number of benzene rings is 3. The fourth-order valence-electron chi connectivity index (χ4n) is 3.41. The lowest BCUT2D eigenvalue weighted by Crippen LogP contribution is -2.47. The molecule has 4 rings (SSSR count). The van der Waals surface area contributed by atoms with Crippen molar-refractivity contribution in [3.8, 4) is 5.75 Å². The molecule has 1 atom stereocenters. The molecular weight excluding hydrogens is 360 g/mol. The summed E-state index contributed by atoms with van der Waals surface area (Å²) in [6.07, 6.45) is 0. The Labute approximate surface area is 158 Å². The fourth-order valence-corrected chi connectivity index (χ4v) is 4.65. The minimum atomic E-state index is -3.86. The van der Waals surface area contributed by atoms with Crippen molar-refractivity contribution in [2.45, 2.75) is 5.54 Å². The van der Waals surface area contributed by atoms with Crippen LogP contribution in [0, 0.1) is 0 Å². The normalized spacial score (nSPS) is 20.9. The Morgan fingerprint density at radius 3 is 1.96 bits per heavy atom. The van der Waals surface area contributed by atoms with E-state index in [1.54, 1.807) is 7.11 Å². The van der Waals surface area contributed by atoms with Crippen molar-refractivity contribution in [2.75, 3.05) is 7.11 Å². The first-order valence-corrected chi connectivity index (χ1v) is 9.89. The van der Waals surface area contributed by atoms with Gasteiger partial charge in [-0.05, 0) is 28.8 Å². The molecule has 0 amide bonds. The lowest BCUT2D eigenvalue weighted by Gasteiger charge is -2.31. The SMILES string of the molecule is COc1ccc([C@@]2(c3ccccc3)NS(=O)(=O)N=C2c2ccccc2)cc1. The summed E-state index contributed by atoms with van der Waals surface area (Å²) in [5, 5.41) is 0. The summed E-state index contributed by atoms with van der Waals surface area (Å²) in [5.41, 5.74) is 1.62. The molecule has 5 nitrogen and oxygen atoms in total. The highest BCUT2D eigenvalue weighted by Gasteiger charge is 2.48. The maximum Gasteiger partial charge on any atom is 0.321 e. The van der Waals surface area contributed by atoms with Crippen molar-refractivity contribution in [1.29, 1.82) is 0 Å². The van der Waals surface area contributed by atoms with E-state index in [9.17, 15) is 8.42 Å². The van der Waals surface area contributed by atoms with Gasteiger partial charge in [-0.3, -0.25) is 0 Å². The van der Waals surface area contributed by atoms with Gasteiger partial charge >= 0.3 is 10.2 Å². The molecule has 1 N–H and O–H groups in total. The zero-order valence-electron chi connectivity index (χ0n) is 14.7. The van der Waals surface area contributed by atoms with Crippen LogP contribution in [0.15, 0.2) is 89.3 Å². The van der Waals surface area contributed by atoms with E-state index in [0.29, 0.717) is 11.5 Å². The van der Waals surface area contributed by atoms with Gasteiger partial charge in [0.05, 0.1) is 12.8 Å². The molecule has 0 fully saturated rings. The molecule has 0 radical (unpaired) electrons. The van der Waals surface area contributed by atoms with Crippen molar-refractivity contribution in [1.82, 2.24) is 4.72 Å². The molecule has 1 aliphatic rings. The Bertz CT molecular complexity index is 1080. The average Bonchev–Trinajstić information content (AvgIpc) is 3.02. The van der Waals surface area contributed by atoms with Crippen LogP contribution in [0.3, 0.4) is 0 Å². The van der Waals surface area contributed by atoms with Gasteiger partial charge in [0.15, 0.2) is 0 Å². The molecule has 0 aromatic heterocycles. The highest BCUT2D eigenvalue weighted by molar-refractivity contribution is 7.88. The van der Waals surface area contributed by atoms with E-state index in [0.717, 1.165) is 16.7 Å². The molecule has 1 aliphatic heterocycles. The second-order valence-corrected chi connectivity index (χ2v) is 7.56. The van der Waals surface area contributed by atoms with Crippen molar-refractivity contribution in [3.63, 3.8) is 0 Å². The van der Waals surface area contributed by atoms with Crippen LogP contribution in [0.25, 0.3) is 0 Å². The van der Waals surface area contributed by atoms with E-state index in [2.05, 4.69) is 9.12 Å². The Balaban J connectivity index is 2.02. The number of rotatable bonds is 4. The minimum Gasteiger partial charge on any atom is -0.497 e. The van der Waals surface area contributed by atoms with Gasteiger partial charge < -0.3 is 4.74 Å². The summed E-state index contributed by atoms with van der Waals surface area (Å²) in [6.45, 7) is 0. The van der Waals surface area contributed by atoms with Gasteiger partial charge in [0.1, 0.15) is 11.3 Å². The summed E-state index contributed by atoms with van der Waals surface area (Å²) in [6, 6.07) is 26.2. The molecule has 3 aromatic rings. The molecule has 0 saturated heterocycles. The predicted octanol–water partition coefficient (Wildman–Crippen LogP) is 3.28. The Morgan fingerprint density at radius 2 is 1.37 bits per heavy atom. The third-order valence-electron chi connectivity index (χ3n) is 4.63. The molecule has 6 heteroatoms. The first-order valence-electron chi connectivity index (χ1n) is 8.45. The van der Waals surface area contributed by atoms with Crippen LogP contribution >= 0.6 is 0 Å². The summed E-state index contributed by atoms with van der Waals surface area (Å²) in [4.78, 5) is 0. The third kappa shape index (κ3) is 3.03. The fraction of sp³-hybridized carbons (Fsp3) is 0.0952. The van der Waals surface area contributed by atoms with Gasteiger partial charge in [0, 0.05) is 0 Å². The largest absolute Gasteiger partial charge is 0.497 e. The highest BCUT2D eigenvalue weighted by Crippen LogP contribution is 2.39. The van der Waals surface area contributed by atoms with E-state index in [-0.39, 0.29) is 0 Å². The maximum absolute atomic E-state index is 12.6. The van der Waals surface area contributed by atoms with Crippen molar-refractivity contribution in [2.24, 2.45) is 4.40 Å². The summed E-state index contributed by atoms with van der Waals surface area (Å²) >= 11 is 0. The van der Waals surface area contributed by atoms with E-state index >= 15 is 0 Å². The first-order chi connectivity index (χ1) is 13.0. The van der Waals surface area contributed by atoms with Gasteiger partial charge in [-0.15, -0.1) is 0 Å². The molecule has 1 heterocycles. The maximum atomic E-state index is 12.6. The highest BCUT2D eigenvalue weighted by atomic mass is 32.2. The van der Waals surface area contributed by atoms with Crippen LogP contribution in [0.2, 0.25) is 0 Å². The predicted molar refractivity (Wildman–Crippen MR) is 105 cm³/mol. The van der Waals surface area contributed by atoms with E-state index in [1.165, 1.54) is 0 Å². The van der Waals surface area contributed by atoms with Crippen LogP contribution in [0.5, 0.6) is 5.75 Å². The smallest absolute Gasteiger partial charge is 0.321 e. The van der Waals surface area contributed by atoms with Crippen LogP contribution in [-0.4, -0.2) is 21.2 Å². The Kier molecular flexibility index (Phi) is 4.30. The summed E-state index contributed by atoms with van der Waals surface area (Å²) in [7, 11) is -2.26. The van der Waals surface area contributed by atoms with Crippen LogP contribution in [-0.2, 0) is 15.7 Å². The number of methoxy groups -OCH3 is 1. The molecule has 27 heavy (non-hydrogen) atoms. The van der Waals surface area contributed by atoms with Crippen molar-refractivity contribution in [3.05, 3.63) is 102 Å². The minimum absolute atomic E-state index is 0.444. The summed E-state index contributed by atoms with van der Waals surface area (Å²) in [5.74, 6) is 0.695. The number of nitrogens with zero attached hydrogens (tertiary/aromatic N) is 1. The van der Waals surface area contributed by atoms with Crippen molar-refractivity contribution >= 4 is 15.9 Å². The molecule has 0 unspecified atom stereocenters. The van der Waals surface area contributed by atoms with Gasteiger partial charge in [-0.2, -0.15) is 17.5 Å². The number of hydrogen-bond donors (Lipinski definition) is 1. The number of nitrogens with one attached hydrogen (secondary N) is 1. The number of ether oxygens (including phenoxy) is 1. The van der Waals surface area contributed by atoms with Crippen molar-refractivity contribution < 1.29 is 13.2 Å². The van der Waals surface area contributed by atoms with Crippen LogP contribution in [0.4, 0.5) is 0 Å². The van der Waals surface area contributed by atoms with Gasteiger partial charge in [0.2, 0.25) is 0 Å². The van der Waals surface area contributed by atoms with Gasteiger partial charge in [-0.25, -0.2) is 0 Å². The van der Waals surface area contributed by atoms with Gasteiger partial charge in [-0.1, -0.05) is 72.8 Å². The number of hydrogen-bond acceptors (Lipinski definition) is 3.